The second-order valence-corrected chi connectivity index (χ2v) is 5.21. The van der Waals surface area contributed by atoms with E-state index in [-0.39, 0.29) is 12.5 Å². The van der Waals surface area contributed by atoms with Crippen molar-refractivity contribution in [1.82, 2.24) is 0 Å². The lowest BCUT2D eigenvalue weighted by atomic mass is 10.1. The van der Waals surface area contributed by atoms with Gasteiger partial charge in [0.2, 0.25) is 0 Å². The maximum absolute atomic E-state index is 11.3. The standard InChI is InChI=1S/C14H18N2O2/c1-9-3-2-4-11(9)15-10-5-6-13-12(7-10)16-14(17)8-18-13/h5-7,9,11,15H,2-4,8H2,1H3,(H,16,17). The van der Waals surface area contributed by atoms with E-state index in [1.54, 1.807) is 0 Å². The molecule has 96 valence electrons. The van der Waals surface area contributed by atoms with Crippen LogP contribution in [0.5, 0.6) is 5.75 Å². The Labute approximate surface area is 107 Å². The molecule has 1 saturated carbocycles. The molecule has 0 bridgehead atoms. The third kappa shape index (κ3) is 2.15. The van der Waals surface area contributed by atoms with Gasteiger partial charge < -0.3 is 15.4 Å². The maximum atomic E-state index is 11.3. The molecule has 4 heteroatoms. The first kappa shape index (κ1) is 11.4. The van der Waals surface area contributed by atoms with E-state index < -0.39 is 0 Å². The first-order chi connectivity index (χ1) is 8.72. The van der Waals surface area contributed by atoms with Crippen LogP contribution in [0.25, 0.3) is 0 Å². The molecule has 1 aromatic carbocycles. The number of carbonyl (C=O) groups is 1. The van der Waals surface area contributed by atoms with Crippen LogP contribution in [0.15, 0.2) is 18.2 Å². The van der Waals surface area contributed by atoms with Gasteiger partial charge in [0.1, 0.15) is 5.75 Å². The first-order valence-electron chi connectivity index (χ1n) is 6.55. The number of benzene rings is 1. The third-order valence-electron chi connectivity index (χ3n) is 3.83. The predicted molar refractivity (Wildman–Crippen MR) is 71.0 cm³/mol. The SMILES string of the molecule is CC1CCCC1Nc1ccc2c(c1)NC(=O)CO2. The van der Waals surface area contributed by atoms with Crippen LogP contribution in [-0.4, -0.2) is 18.6 Å². The minimum absolute atomic E-state index is 0.0890. The van der Waals surface area contributed by atoms with Crippen LogP contribution in [0.4, 0.5) is 11.4 Å². The molecule has 0 spiro atoms. The molecular formula is C14H18N2O2. The summed E-state index contributed by atoms with van der Waals surface area (Å²) >= 11 is 0. The van der Waals surface area contributed by atoms with Crippen molar-refractivity contribution in [2.24, 2.45) is 5.92 Å². The van der Waals surface area contributed by atoms with Crippen molar-refractivity contribution in [3.63, 3.8) is 0 Å². The number of hydrogen-bond donors (Lipinski definition) is 2. The van der Waals surface area contributed by atoms with Crippen LogP contribution in [-0.2, 0) is 4.79 Å². The van der Waals surface area contributed by atoms with Crippen LogP contribution >= 0.6 is 0 Å². The Kier molecular flexibility index (Phi) is 2.86. The molecule has 1 amide bonds. The van der Waals surface area contributed by atoms with Crippen LogP contribution in [0, 0.1) is 5.92 Å². The molecule has 1 aliphatic carbocycles. The Balaban J connectivity index is 1.77. The summed E-state index contributed by atoms with van der Waals surface area (Å²) in [5.41, 5.74) is 1.82. The Morgan fingerprint density at radius 1 is 1.39 bits per heavy atom. The first-order valence-corrected chi connectivity index (χ1v) is 6.55. The van der Waals surface area contributed by atoms with Crippen LogP contribution in [0.3, 0.4) is 0 Å². The highest BCUT2D eigenvalue weighted by molar-refractivity contribution is 5.96. The van der Waals surface area contributed by atoms with Gasteiger partial charge in [0.25, 0.3) is 5.91 Å². The lowest BCUT2D eigenvalue weighted by Crippen LogP contribution is -2.26. The summed E-state index contributed by atoms with van der Waals surface area (Å²) in [6.07, 6.45) is 3.81. The lowest BCUT2D eigenvalue weighted by molar-refractivity contribution is -0.118. The number of fused-ring (bicyclic) bond motifs is 1. The van der Waals surface area contributed by atoms with E-state index in [4.69, 9.17) is 4.74 Å². The summed E-state index contributed by atoms with van der Waals surface area (Å²) in [5.74, 6) is 1.38. The molecule has 2 N–H and O–H groups in total. The van der Waals surface area contributed by atoms with Crippen molar-refractivity contribution in [2.75, 3.05) is 17.2 Å². The zero-order chi connectivity index (χ0) is 12.5. The second kappa shape index (κ2) is 4.52. The van der Waals surface area contributed by atoms with Gasteiger partial charge in [-0.3, -0.25) is 4.79 Å². The maximum Gasteiger partial charge on any atom is 0.262 e. The Morgan fingerprint density at radius 3 is 3.06 bits per heavy atom. The van der Waals surface area contributed by atoms with Crippen molar-refractivity contribution >= 4 is 17.3 Å². The third-order valence-corrected chi connectivity index (χ3v) is 3.83. The average molecular weight is 246 g/mol. The van der Waals surface area contributed by atoms with E-state index >= 15 is 0 Å². The molecule has 0 aromatic heterocycles. The summed E-state index contributed by atoms with van der Waals surface area (Å²) in [6, 6.07) is 6.43. The highest BCUT2D eigenvalue weighted by atomic mass is 16.5. The molecule has 1 heterocycles. The van der Waals surface area contributed by atoms with E-state index in [1.165, 1.54) is 19.3 Å². The Morgan fingerprint density at radius 2 is 2.28 bits per heavy atom. The van der Waals surface area contributed by atoms with Gasteiger partial charge in [-0.15, -0.1) is 0 Å². The Hall–Kier alpha value is -1.71. The largest absolute Gasteiger partial charge is 0.482 e. The van der Waals surface area contributed by atoms with Crippen molar-refractivity contribution in [1.29, 1.82) is 0 Å². The topological polar surface area (TPSA) is 50.4 Å². The summed E-state index contributed by atoms with van der Waals surface area (Å²) in [7, 11) is 0. The fourth-order valence-corrected chi connectivity index (χ4v) is 2.75. The smallest absolute Gasteiger partial charge is 0.262 e. The molecule has 18 heavy (non-hydrogen) atoms. The zero-order valence-corrected chi connectivity index (χ0v) is 10.5. The number of nitrogens with one attached hydrogen (secondary N) is 2. The quantitative estimate of drug-likeness (QED) is 0.843. The van der Waals surface area contributed by atoms with Gasteiger partial charge in [-0.05, 0) is 37.0 Å². The van der Waals surface area contributed by atoms with Gasteiger partial charge in [-0.1, -0.05) is 13.3 Å². The molecule has 1 aliphatic heterocycles. The number of ether oxygens (including phenoxy) is 1. The van der Waals surface area contributed by atoms with Crippen molar-refractivity contribution in [3.8, 4) is 5.75 Å². The zero-order valence-electron chi connectivity index (χ0n) is 10.5. The fourth-order valence-electron chi connectivity index (χ4n) is 2.75. The van der Waals surface area contributed by atoms with Crippen LogP contribution in [0.2, 0.25) is 0 Å². The minimum atomic E-state index is -0.0890. The van der Waals surface area contributed by atoms with Crippen LogP contribution in [0.1, 0.15) is 26.2 Å². The normalized spacial score (nSPS) is 26.2. The van der Waals surface area contributed by atoms with Crippen molar-refractivity contribution in [3.05, 3.63) is 18.2 Å². The van der Waals surface area contributed by atoms with E-state index in [0.717, 1.165) is 17.1 Å². The predicted octanol–water partition coefficient (Wildman–Crippen LogP) is 2.62. The number of rotatable bonds is 2. The van der Waals surface area contributed by atoms with Gasteiger partial charge in [0, 0.05) is 11.7 Å². The monoisotopic (exact) mass is 246 g/mol. The molecule has 3 rings (SSSR count). The molecule has 2 unspecified atom stereocenters. The average Bonchev–Trinajstić information content (AvgIpc) is 2.74. The van der Waals surface area contributed by atoms with E-state index in [1.807, 2.05) is 18.2 Å². The molecule has 2 aliphatic rings. The van der Waals surface area contributed by atoms with E-state index in [0.29, 0.717) is 12.0 Å². The molecule has 1 fully saturated rings. The van der Waals surface area contributed by atoms with Gasteiger partial charge in [0.15, 0.2) is 6.61 Å². The van der Waals surface area contributed by atoms with Crippen LogP contribution < -0.4 is 15.4 Å². The van der Waals surface area contributed by atoms with Crippen molar-refractivity contribution in [2.45, 2.75) is 32.2 Å². The second-order valence-electron chi connectivity index (χ2n) is 5.21. The Bertz CT molecular complexity index is 473. The minimum Gasteiger partial charge on any atom is -0.482 e. The highest BCUT2D eigenvalue weighted by Gasteiger charge is 2.23. The summed E-state index contributed by atoms with van der Waals surface area (Å²) in [5, 5.41) is 6.38. The fraction of sp³-hybridized carbons (Fsp3) is 0.500. The number of anilines is 2. The van der Waals surface area contributed by atoms with Gasteiger partial charge in [0.05, 0.1) is 5.69 Å². The lowest BCUT2D eigenvalue weighted by Gasteiger charge is -2.22. The summed E-state index contributed by atoms with van der Waals surface area (Å²) in [6.45, 7) is 2.40. The van der Waals surface area contributed by atoms with E-state index in [9.17, 15) is 4.79 Å². The van der Waals surface area contributed by atoms with Crippen molar-refractivity contribution < 1.29 is 9.53 Å². The molecule has 4 nitrogen and oxygen atoms in total. The highest BCUT2D eigenvalue weighted by Crippen LogP contribution is 2.33. The number of hydrogen-bond acceptors (Lipinski definition) is 3. The van der Waals surface area contributed by atoms with Gasteiger partial charge in [-0.25, -0.2) is 0 Å². The molecule has 0 saturated heterocycles. The number of amides is 1. The van der Waals surface area contributed by atoms with Gasteiger partial charge >= 0.3 is 0 Å². The summed E-state index contributed by atoms with van der Waals surface area (Å²) < 4.78 is 5.34. The number of carbonyl (C=O) groups excluding carboxylic acids is 1. The molecule has 2 atom stereocenters. The molecule has 0 radical (unpaired) electrons. The molecular weight excluding hydrogens is 228 g/mol. The van der Waals surface area contributed by atoms with Gasteiger partial charge in [-0.2, -0.15) is 0 Å². The summed E-state index contributed by atoms with van der Waals surface area (Å²) in [4.78, 5) is 11.3. The van der Waals surface area contributed by atoms with E-state index in [2.05, 4.69) is 17.6 Å². The molecule has 1 aromatic rings.